The maximum atomic E-state index is 11.4. The fourth-order valence-electron chi connectivity index (χ4n) is 1.14. The summed E-state index contributed by atoms with van der Waals surface area (Å²) in [6, 6.07) is 0. The number of hydrogen-bond donors (Lipinski definition) is 2. The SMILES string of the molecule is CNCCS(=O)(=O)NCCc1nc(C)cs1. The Kier molecular flexibility index (Phi) is 5.33. The topological polar surface area (TPSA) is 71.1 Å². The van der Waals surface area contributed by atoms with Crippen molar-refractivity contribution in [1.82, 2.24) is 15.0 Å². The van der Waals surface area contributed by atoms with Crippen molar-refractivity contribution in [2.75, 3.05) is 25.9 Å². The minimum Gasteiger partial charge on any atom is -0.319 e. The largest absolute Gasteiger partial charge is 0.319 e. The molecule has 16 heavy (non-hydrogen) atoms. The van der Waals surface area contributed by atoms with Crippen LogP contribution in [0.2, 0.25) is 0 Å². The van der Waals surface area contributed by atoms with Crippen LogP contribution >= 0.6 is 11.3 Å². The van der Waals surface area contributed by atoms with E-state index in [0.29, 0.717) is 19.5 Å². The van der Waals surface area contributed by atoms with Crippen LogP contribution in [0.5, 0.6) is 0 Å². The summed E-state index contributed by atoms with van der Waals surface area (Å²) in [6.07, 6.45) is 0.650. The first-order valence-corrected chi connectivity index (χ1v) is 7.59. The minimum absolute atomic E-state index is 0.112. The first-order valence-electron chi connectivity index (χ1n) is 5.06. The highest BCUT2D eigenvalue weighted by molar-refractivity contribution is 7.89. The molecule has 0 saturated carbocycles. The molecule has 92 valence electrons. The zero-order valence-electron chi connectivity index (χ0n) is 9.49. The number of nitrogens with one attached hydrogen (secondary N) is 2. The van der Waals surface area contributed by atoms with Gasteiger partial charge in [0.15, 0.2) is 0 Å². The molecule has 0 aliphatic carbocycles. The Hall–Kier alpha value is -0.500. The van der Waals surface area contributed by atoms with Gasteiger partial charge in [0.1, 0.15) is 0 Å². The van der Waals surface area contributed by atoms with E-state index in [9.17, 15) is 8.42 Å². The first-order chi connectivity index (χ1) is 7.53. The van der Waals surface area contributed by atoms with Crippen molar-refractivity contribution < 1.29 is 8.42 Å². The Morgan fingerprint density at radius 3 is 2.75 bits per heavy atom. The van der Waals surface area contributed by atoms with Gasteiger partial charge in [-0.2, -0.15) is 0 Å². The number of thiazole rings is 1. The standard InChI is InChI=1S/C9H17N3O2S2/c1-8-7-15-9(12-8)3-4-11-16(13,14)6-5-10-2/h7,10-11H,3-6H2,1-2H3. The van der Waals surface area contributed by atoms with Crippen molar-refractivity contribution >= 4 is 21.4 Å². The van der Waals surface area contributed by atoms with Gasteiger partial charge < -0.3 is 5.32 Å². The van der Waals surface area contributed by atoms with Crippen molar-refractivity contribution in [2.45, 2.75) is 13.3 Å². The number of sulfonamides is 1. The number of aromatic nitrogens is 1. The zero-order valence-corrected chi connectivity index (χ0v) is 11.1. The predicted molar refractivity (Wildman–Crippen MR) is 66.3 cm³/mol. The van der Waals surface area contributed by atoms with E-state index in [1.54, 1.807) is 18.4 Å². The van der Waals surface area contributed by atoms with Gasteiger partial charge >= 0.3 is 0 Å². The Balaban J connectivity index is 2.29. The second kappa shape index (κ2) is 6.29. The van der Waals surface area contributed by atoms with Gasteiger partial charge in [0.05, 0.1) is 10.8 Å². The van der Waals surface area contributed by atoms with Gasteiger partial charge in [-0.25, -0.2) is 18.1 Å². The average Bonchev–Trinajstić information content (AvgIpc) is 2.61. The molecule has 0 aliphatic rings. The molecule has 2 N–H and O–H groups in total. The van der Waals surface area contributed by atoms with Crippen molar-refractivity contribution in [3.8, 4) is 0 Å². The molecule has 0 fully saturated rings. The van der Waals surface area contributed by atoms with E-state index in [0.717, 1.165) is 10.7 Å². The fraction of sp³-hybridized carbons (Fsp3) is 0.667. The molecule has 1 aromatic heterocycles. The summed E-state index contributed by atoms with van der Waals surface area (Å²) in [5, 5.41) is 5.74. The maximum absolute atomic E-state index is 11.4. The third kappa shape index (κ3) is 5.02. The molecule has 0 unspecified atom stereocenters. The summed E-state index contributed by atoms with van der Waals surface area (Å²) < 4.78 is 25.4. The first kappa shape index (κ1) is 13.6. The monoisotopic (exact) mass is 263 g/mol. The molecule has 1 rings (SSSR count). The number of nitrogens with zero attached hydrogens (tertiary/aromatic N) is 1. The number of aryl methyl sites for hydroxylation is 1. The summed E-state index contributed by atoms with van der Waals surface area (Å²) in [5.74, 6) is 0.112. The van der Waals surface area contributed by atoms with Crippen LogP contribution in [-0.2, 0) is 16.4 Å². The molecule has 0 atom stereocenters. The van der Waals surface area contributed by atoms with Gasteiger partial charge in [-0.05, 0) is 14.0 Å². The second-order valence-corrected chi connectivity index (χ2v) is 6.32. The minimum atomic E-state index is -3.14. The summed E-state index contributed by atoms with van der Waals surface area (Å²) in [7, 11) is -1.41. The third-order valence-electron chi connectivity index (χ3n) is 1.95. The summed E-state index contributed by atoms with van der Waals surface area (Å²) >= 11 is 1.56. The molecule has 7 heteroatoms. The van der Waals surface area contributed by atoms with Gasteiger partial charge in [-0.1, -0.05) is 0 Å². The third-order valence-corrected chi connectivity index (χ3v) is 4.36. The Labute approximate surface area is 100 Å². The fourth-order valence-corrected chi connectivity index (χ4v) is 2.95. The van der Waals surface area contributed by atoms with Crippen molar-refractivity contribution in [1.29, 1.82) is 0 Å². The summed E-state index contributed by atoms with van der Waals surface area (Å²) in [4.78, 5) is 4.26. The molecule has 0 aromatic carbocycles. The molecule has 0 amide bonds. The highest BCUT2D eigenvalue weighted by Crippen LogP contribution is 2.08. The molecular formula is C9H17N3O2S2. The van der Waals surface area contributed by atoms with Crippen LogP contribution in [0.15, 0.2) is 5.38 Å². The molecule has 5 nitrogen and oxygen atoms in total. The van der Waals surface area contributed by atoms with Crippen molar-refractivity contribution in [2.24, 2.45) is 0 Å². The molecule has 0 aliphatic heterocycles. The average molecular weight is 263 g/mol. The molecule has 1 heterocycles. The van der Waals surface area contributed by atoms with Gasteiger partial charge in [0.2, 0.25) is 10.0 Å². The van der Waals surface area contributed by atoms with Gasteiger partial charge in [0.25, 0.3) is 0 Å². The lowest BCUT2D eigenvalue weighted by Gasteiger charge is -2.04. The lowest BCUT2D eigenvalue weighted by Crippen LogP contribution is -2.32. The smallest absolute Gasteiger partial charge is 0.212 e. The lowest BCUT2D eigenvalue weighted by atomic mass is 10.4. The normalized spacial score (nSPS) is 11.9. The quantitative estimate of drug-likeness (QED) is 0.734. The molecule has 0 spiro atoms. The zero-order chi connectivity index (χ0) is 12.0. The highest BCUT2D eigenvalue weighted by Gasteiger charge is 2.08. The van der Waals surface area contributed by atoms with E-state index in [1.807, 2.05) is 12.3 Å². The summed E-state index contributed by atoms with van der Waals surface area (Å²) in [6.45, 7) is 2.81. The Bertz CT molecular complexity index is 414. The Morgan fingerprint density at radius 1 is 1.44 bits per heavy atom. The highest BCUT2D eigenvalue weighted by atomic mass is 32.2. The Morgan fingerprint density at radius 2 is 2.19 bits per heavy atom. The molecular weight excluding hydrogens is 246 g/mol. The van der Waals surface area contributed by atoms with E-state index >= 15 is 0 Å². The molecule has 0 bridgehead atoms. The van der Waals surface area contributed by atoms with Crippen LogP contribution in [0.4, 0.5) is 0 Å². The van der Waals surface area contributed by atoms with E-state index in [2.05, 4.69) is 15.0 Å². The number of hydrogen-bond acceptors (Lipinski definition) is 5. The lowest BCUT2D eigenvalue weighted by molar-refractivity contribution is 0.579. The van der Waals surface area contributed by atoms with Crippen LogP contribution < -0.4 is 10.0 Å². The van der Waals surface area contributed by atoms with Crippen molar-refractivity contribution in [3.63, 3.8) is 0 Å². The van der Waals surface area contributed by atoms with Crippen LogP contribution in [0.25, 0.3) is 0 Å². The van der Waals surface area contributed by atoms with Crippen LogP contribution in [0, 0.1) is 6.92 Å². The molecule has 0 saturated heterocycles. The molecule has 1 aromatic rings. The van der Waals surface area contributed by atoms with Gasteiger partial charge in [0, 0.05) is 30.6 Å². The van der Waals surface area contributed by atoms with Gasteiger partial charge in [-0.15, -0.1) is 11.3 Å². The van der Waals surface area contributed by atoms with E-state index in [4.69, 9.17) is 0 Å². The second-order valence-electron chi connectivity index (χ2n) is 3.45. The number of rotatable bonds is 7. The van der Waals surface area contributed by atoms with E-state index in [-0.39, 0.29) is 5.75 Å². The van der Waals surface area contributed by atoms with E-state index < -0.39 is 10.0 Å². The van der Waals surface area contributed by atoms with E-state index in [1.165, 1.54) is 0 Å². The van der Waals surface area contributed by atoms with Crippen LogP contribution in [-0.4, -0.2) is 39.3 Å². The van der Waals surface area contributed by atoms with Crippen LogP contribution in [0.1, 0.15) is 10.7 Å². The maximum Gasteiger partial charge on any atom is 0.212 e. The predicted octanol–water partition coefficient (Wildman–Crippen LogP) is 0.133. The molecule has 0 radical (unpaired) electrons. The van der Waals surface area contributed by atoms with Gasteiger partial charge in [-0.3, -0.25) is 0 Å². The van der Waals surface area contributed by atoms with Crippen LogP contribution in [0.3, 0.4) is 0 Å². The van der Waals surface area contributed by atoms with Crippen molar-refractivity contribution in [3.05, 3.63) is 16.1 Å². The summed E-state index contributed by atoms with van der Waals surface area (Å²) in [5.41, 5.74) is 0.984.